The van der Waals surface area contributed by atoms with E-state index in [1.165, 1.54) is 0 Å². The van der Waals surface area contributed by atoms with Gasteiger partial charge in [0.05, 0.1) is 10.6 Å². The number of aliphatic hydroxyl groups is 1. The van der Waals surface area contributed by atoms with E-state index in [1.807, 2.05) is 6.92 Å². The maximum atomic E-state index is 12.9. The molecule has 0 radical (unpaired) electrons. The Hall–Kier alpha value is -1.88. The highest BCUT2D eigenvalue weighted by atomic mass is 35.5. The predicted octanol–water partition coefficient (Wildman–Crippen LogP) is 4.45. The largest absolute Gasteiger partial charge is 0.365 e. The van der Waals surface area contributed by atoms with Gasteiger partial charge in [-0.25, -0.2) is 0 Å². The third-order valence-electron chi connectivity index (χ3n) is 4.05. The second kappa shape index (κ2) is 6.55. The van der Waals surface area contributed by atoms with Gasteiger partial charge >= 0.3 is 0 Å². The number of hydrogen-bond donors (Lipinski definition) is 1. The summed E-state index contributed by atoms with van der Waals surface area (Å²) in [5.41, 5.74) is 0.0478. The number of amides is 1. The van der Waals surface area contributed by atoms with Crippen LogP contribution in [0.3, 0.4) is 0 Å². The molecule has 0 saturated heterocycles. The minimum atomic E-state index is -1.55. The lowest BCUT2D eigenvalue weighted by atomic mass is 9.96. The molecule has 0 unspecified atom stereocenters. The molecule has 1 atom stereocenters. The SMILES string of the molecule is CCC1=NN(C(=O)c2ccccc2Cl)[C@@](O)(c2ccc(Cl)cc2)C1. The maximum absolute atomic E-state index is 12.9. The minimum absolute atomic E-state index is 0.251. The Morgan fingerprint density at radius 1 is 1.21 bits per heavy atom. The first kappa shape index (κ1) is 17.0. The number of benzene rings is 2. The highest BCUT2D eigenvalue weighted by Gasteiger charge is 2.46. The third-order valence-corrected chi connectivity index (χ3v) is 4.64. The second-order valence-electron chi connectivity index (χ2n) is 5.62. The molecule has 1 amide bonds. The number of hydrazone groups is 1. The minimum Gasteiger partial charge on any atom is -0.365 e. The first-order chi connectivity index (χ1) is 11.5. The van der Waals surface area contributed by atoms with Crippen molar-refractivity contribution in [1.29, 1.82) is 0 Å². The number of rotatable bonds is 3. The molecule has 0 spiro atoms. The third kappa shape index (κ3) is 2.93. The Balaban J connectivity index is 2.05. The van der Waals surface area contributed by atoms with E-state index in [-0.39, 0.29) is 6.42 Å². The first-order valence-electron chi connectivity index (χ1n) is 7.59. The summed E-state index contributed by atoms with van der Waals surface area (Å²) < 4.78 is 0. The first-order valence-corrected chi connectivity index (χ1v) is 8.35. The lowest BCUT2D eigenvalue weighted by molar-refractivity contribution is -0.0765. The van der Waals surface area contributed by atoms with Crippen molar-refractivity contribution in [2.45, 2.75) is 25.5 Å². The molecule has 1 heterocycles. The van der Waals surface area contributed by atoms with Gasteiger partial charge in [-0.2, -0.15) is 10.1 Å². The fourth-order valence-electron chi connectivity index (χ4n) is 2.72. The molecular formula is C18H16Cl2N2O2. The van der Waals surface area contributed by atoms with Gasteiger partial charge in [-0.3, -0.25) is 4.79 Å². The van der Waals surface area contributed by atoms with Gasteiger partial charge in [-0.05, 0) is 30.7 Å². The summed E-state index contributed by atoms with van der Waals surface area (Å²) in [7, 11) is 0. The van der Waals surface area contributed by atoms with E-state index < -0.39 is 11.6 Å². The van der Waals surface area contributed by atoms with Crippen LogP contribution < -0.4 is 0 Å². The van der Waals surface area contributed by atoms with Crippen molar-refractivity contribution in [3.8, 4) is 0 Å². The number of nitrogens with zero attached hydrogens (tertiary/aromatic N) is 2. The van der Waals surface area contributed by atoms with Crippen LogP contribution in [0, 0.1) is 0 Å². The van der Waals surface area contributed by atoms with Gasteiger partial charge in [-0.1, -0.05) is 54.4 Å². The van der Waals surface area contributed by atoms with Crippen LogP contribution in [-0.2, 0) is 5.72 Å². The molecule has 1 N–H and O–H groups in total. The average Bonchev–Trinajstić information content (AvgIpc) is 2.93. The lowest BCUT2D eigenvalue weighted by Crippen LogP contribution is -2.43. The topological polar surface area (TPSA) is 52.9 Å². The molecule has 4 nitrogen and oxygen atoms in total. The Morgan fingerprint density at radius 2 is 1.88 bits per heavy atom. The number of carbonyl (C=O) groups excluding carboxylic acids is 1. The molecule has 0 aromatic heterocycles. The second-order valence-corrected chi connectivity index (χ2v) is 6.46. The van der Waals surface area contributed by atoms with Crippen LogP contribution in [0.15, 0.2) is 53.6 Å². The fourth-order valence-corrected chi connectivity index (χ4v) is 3.06. The summed E-state index contributed by atoms with van der Waals surface area (Å²) in [6, 6.07) is 13.5. The van der Waals surface area contributed by atoms with Crippen LogP contribution in [0.2, 0.25) is 10.0 Å². The van der Waals surface area contributed by atoms with E-state index in [1.54, 1.807) is 48.5 Å². The van der Waals surface area contributed by atoms with Crippen molar-refractivity contribution in [2.75, 3.05) is 0 Å². The average molecular weight is 363 g/mol. The molecule has 24 heavy (non-hydrogen) atoms. The van der Waals surface area contributed by atoms with Crippen molar-refractivity contribution < 1.29 is 9.90 Å². The zero-order valence-electron chi connectivity index (χ0n) is 13.0. The van der Waals surface area contributed by atoms with Crippen molar-refractivity contribution in [2.24, 2.45) is 5.10 Å². The smallest absolute Gasteiger partial charge is 0.278 e. The predicted molar refractivity (Wildman–Crippen MR) is 95.3 cm³/mol. The summed E-state index contributed by atoms with van der Waals surface area (Å²) in [4.78, 5) is 12.9. The van der Waals surface area contributed by atoms with Gasteiger partial charge in [-0.15, -0.1) is 0 Å². The Morgan fingerprint density at radius 3 is 2.50 bits per heavy atom. The van der Waals surface area contributed by atoms with Crippen LogP contribution in [0.4, 0.5) is 0 Å². The Kier molecular flexibility index (Phi) is 4.63. The maximum Gasteiger partial charge on any atom is 0.278 e. The molecule has 3 rings (SSSR count). The molecule has 2 aromatic rings. The molecule has 1 aliphatic heterocycles. The summed E-state index contributed by atoms with van der Waals surface area (Å²) in [5, 5.41) is 17.6. The molecule has 124 valence electrons. The van der Waals surface area contributed by atoms with Gasteiger partial charge in [0, 0.05) is 22.7 Å². The van der Waals surface area contributed by atoms with Crippen LogP contribution >= 0.6 is 23.2 Å². The quantitative estimate of drug-likeness (QED) is 0.876. The summed E-state index contributed by atoms with van der Waals surface area (Å²) in [6.45, 7) is 1.94. The van der Waals surface area contributed by atoms with Gasteiger partial charge in [0.1, 0.15) is 0 Å². The van der Waals surface area contributed by atoms with E-state index in [2.05, 4.69) is 5.10 Å². The van der Waals surface area contributed by atoms with E-state index in [4.69, 9.17) is 23.2 Å². The Bertz CT molecular complexity index is 805. The zero-order chi connectivity index (χ0) is 17.3. The standard InChI is InChI=1S/C18H16Cl2N2O2/c1-2-14-11-18(24,12-7-9-13(19)10-8-12)22(21-14)17(23)15-5-3-4-6-16(15)20/h3-10,24H,2,11H2,1H3/t18-/m0/s1. The Labute approximate surface area is 150 Å². The van der Waals surface area contributed by atoms with Gasteiger partial charge < -0.3 is 5.11 Å². The van der Waals surface area contributed by atoms with Crippen LogP contribution in [-0.4, -0.2) is 21.7 Å². The molecule has 0 saturated carbocycles. The van der Waals surface area contributed by atoms with Crippen LogP contribution in [0.1, 0.15) is 35.7 Å². The number of hydrogen-bond acceptors (Lipinski definition) is 3. The van der Waals surface area contributed by atoms with Crippen molar-refractivity contribution in [1.82, 2.24) is 5.01 Å². The summed E-state index contributed by atoms with van der Waals surface area (Å²) >= 11 is 12.1. The highest BCUT2D eigenvalue weighted by molar-refractivity contribution is 6.33. The molecule has 2 aromatic carbocycles. The zero-order valence-corrected chi connectivity index (χ0v) is 14.6. The molecule has 0 fully saturated rings. The van der Waals surface area contributed by atoms with E-state index in [0.717, 1.165) is 10.7 Å². The van der Waals surface area contributed by atoms with E-state index in [0.29, 0.717) is 27.6 Å². The van der Waals surface area contributed by atoms with Crippen LogP contribution in [0.5, 0.6) is 0 Å². The molecule has 0 bridgehead atoms. The van der Waals surface area contributed by atoms with Gasteiger partial charge in [0.2, 0.25) is 0 Å². The lowest BCUT2D eigenvalue weighted by Gasteiger charge is -2.31. The van der Waals surface area contributed by atoms with Crippen molar-refractivity contribution in [3.05, 3.63) is 69.7 Å². The van der Waals surface area contributed by atoms with Gasteiger partial charge in [0.25, 0.3) is 5.91 Å². The molecule has 1 aliphatic rings. The monoisotopic (exact) mass is 362 g/mol. The molecular weight excluding hydrogens is 347 g/mol. The highest BCUT2D eigenvalue weighted by Crippen LogP contribution is 2.38. The van der Waals surface area contributed by atoms with E-state index in [9.17, 15) is 9.90 Å². The van der Waals surface area contributed by atoms with Crippen molar-refractivity contribution >= 4 is 34.8 Å². The van der Waals surface area contributed by atoms with E-state index >= 15 is 0 Å². The summed E-state index contributed by atoms with van der Waals surface area (Å²) in [6.07, 6.45) is 0.892. The molecule has 0 aliphatic carbocycles. The van der Waals surface area contributed by atoms with Gasteiger partial charge in [0.15, 0.2) is 5.72 Å². The molecule has 6 heteroatoms. The van der Waals surface area contributed by atoms with Crippen molar-refractivity contribution in [3.63, 3.8) is 0 Å². The van der Waals surface area contributed by atoms with Crippen LogP contribution in [0.25, 0.3) is 0 Å². The fraction of sp³-hybridized carbons (Fsp3) is 0.222. The summed E-state index contributed by atoms with van der Waals surface area (Å²) in [5.74, 6) is -0.443. The normalized spacial score (nSPS) is 20.2. The number of carbonyl (C=O) groups is 1. The number of halogens is 2.